The SMILES string of the molecule is CCC(CC)NC(=O)COc1ccc(CNC(C)C)nc1. The van der Waals surface area contributed by atoms with E-state index in [-0.39, 0.29) is 18.6 Å². The van der Waals surface area contributed by atoms with Crippen molar-refractivity contribution in [1.29, 1.82) is 0 Å². The molecule has 0 fully saturated rings. The van der Waals surface area contributed by atoms with E-state index in [0.29, 0.717) is 11.8 Å². The van der Waals surface area contributed by atoms with E-state index >= 15 is 0 Å². The highest BCUT2D eigenvalue weighted by Crippen LogP contribution is 2.09. The molecular weight excluding hydrogens is 266 g/mol. The molecule has 5 nitrogen and oxygen atoms in total. The minimum absolute atomic E-state index is 0.0295. The molecule has 0 bridgehead atoms. The smallest absolute Gasteiger partial charge is 0.258 e. The number of aromatic nitrogens is 1. The van der Waals surface area contributed by atoms with Crippen LogP contribution in [0.4, 0.5) is 0 Å². The molecule has 118 valence electrons. The van der Waals surface area contributed by atoms with Gasteiger partial charge in [0.25, 0.3) is 5.91 Å². The predicted octanol–water partition coefficient (Wildman–Crippen LogP) is 2.26. The van der Waals surface area contributed by atoms with Gasteiger partial charge in [0.05, 0.1) is 11.9 Å². The number of amides is 1. The topological polar surface area (TPSA) is 63.2 Å². The van der Waals surface area contributed by atoms with Crippen LogP contribution in [0, 0.1) is 0 Å². The Morgan fingerprint density at radius 1 is 1.29 bits per heavy atom. The number of nitrogens with zero attached hydrogens (tertiary/aromatic N) is 1. The summed E-state index contributed by atoms with van der Waals surface area (Å²) in [7, 11) is 0. The fraction of sp³-hybridized carbons (Fsp3) is 0.625. The first-order valence-corrected chi connectivity index (χ1v) is 7.65. The fourth-order valence-corrected chi connectivity index (χ4v) is 1.82. The number of carbonyl (C=O) groups is 1. The quantitative estimate of drug-likeness (QED) is 0.733. The van der Waals surface area contributed by atoms with Gasteiger partial charge in [-0.25, -0.2) is 0 Å². The standard InChI is InChI=1S/C16H27N3O2/c1-5-13(6-2)19-16(20)11-21-15-8-7-14(18-10-15)9-17-12(3)4/h7-8,10,12-13,17H,5-6,9,11H2,1-4H3,(H,19,20). The van der Waals surface area contributed by atoms with E-state index in [4.69, 9.17) is 4.74 Å². The third-order valence-electron chi connectivity index (χ3n) is 3.21. The van der Waals surface area contributed by atoms with Gasteiger partial charge < -0.3 is 15.4 Å². The fourth-order valence-electron chi connectivity index (χ4n) is 1.82. The van der Waals surface area contributed by atoms with Gasteiger partial charge in [0.2, 0.25) is 0 Å². The second kappa shape index (κ2) is 9.34. The van der Waals surface area contributed by atoms with Crippen molar-refractivity contribution >= 4 is 5.91 Å². The van der Waals surface area contributed by atoms with Crippen molar-refractivity contribution in [3.05, 3.63) is 24.0 Å². The first kappa shape index (κ1) is 17.4. The maximum atomic E-state index is 11.7. The molecule has 1 rings (SSSR count). The molecule has 5 heteroatoms. The molecule has 1 amide bonds. The van der Waals surface area contributed by atoms with Gasteiger partial charge in [-0.2, -0.15) is 0 Å². The van der Waals surface area contributed by atoms with Gasteiger partial charge in [0, 0.05) is 18.6 Å². The van der Waals surface area contributed by atoms with Crippen LogP contribution < -0.4 is 15.4 Å². The Morgan fingerprint density at radius 2 is 2.00 bits per heavy atom. The number of pyridine rings is 1. The van der Waals surface area contributed by atoms with Crippen molar-refractivity contribution in [1.82, 2.24) is 15.6 Å². The summed E-state index contributed by atoms with van der Waals surface area (Å²) in [6, 6.07) is 4.40. The molecule has 0 radical (unpaired) electrons. The molecular formula is C16H27N3O2. The predicted molar refractivity (Wildman–Crippen MR) is 84.2 cm³/mol. The van der Waals surface area contributed by atoms with E-state index in [0.717, 1.165) is 25.1 Å². The first-order chi connectivity index (χ1) is 10.0. The van der Waals surface area contributed by atoms with Crippen LogP contribution in [-0.2, 0) is 11.3 Å². The Bertz CT molecular complexity index is 414. The summed E-state index contributed by atoms with van der Waals surface area (Å²) in [5.74, 6) is 0.525. The summed E-state index contributed by atoms with van der Waals surface area (Å²) in [4.78, 5) is 16.0. The van der Waals surface area contributed by atoms with Crippen LogP contribution >= 0.6 is 0 Å². The molecule has 0 aromatic carbocycles. The minimum Gasteiger partial charge on any atom is -0.482 e. The van der Waals surface area contributed by atoms with Gasteiger partial charge in [-0.15, -0.1) is 0 Å². The van der Waals surface area contributed by atoms with Crippen molar-refractivity contribution in [3.8, 4) is 5.75 Å². The molecule has 1 aromatic heterocycles. The van der Waals surface area contributed by atoms with E-state index < -0.39 is 0 Å². The minimum atomic E-state index is -0.0887. The third-order valence-corrected chi connectivity index (χ3v) is 3.21. The first-order valence-electron chi connectivity index (χ1n) is 7.65. The van der Waals surface area contributed by atoms with E-state index in [1.165, 1.54) is 0 Å². The van der Waals surface area contributed by atoms with Crippen LogP contribution in [0.3, 0.4) is 0 Å². The average Bonchev–Trinajstić information content (AvgIpc) is 2.49. The maximum absolute atomic E-state index is 11.7. The molecule has 0 spiro atoms. The lowest BCUT2D eigenvalue weighted by Crippen LogP contribution is -2.37. The summed E-state index contributed by atoms with van der Waals surface area (Å²) in [6.45, 7) is 9.06. The molecule has 0 atom stereocenters. The highest BCUT2D eigenvalue weighted by molar-refractivity contribution is 5.77. The second-order valence-corrected chi connectivity index (χ2v) is 5.39. The zero-order valence-corrected chi connectivity index (χ0v) is 13.5. The monoisotopic (exact) mass is 293 g/mol. The number of ether oxygens (including phenoxy) is 1. The van der Waals surface area contributed by atoms with E-state index in [9.17, 15) is 4.79 Å². The van der Waals surface area contributed by atoms with E-state index in [1.54, 1.807) is 6.20 Å². The lowest BCUT2D eigenvalue weighted by Gasteiger charge is -2.15. The Balaban J connectivity index is 2.36. The van der Waals surface area contributed by atoms with Crippen LogP contribution in [0.2, 0.25) is 0 Å². The molecule has 0 saturated carbocycles. The molecule has 2 N–H and O–H groups in total. The van der Waals surface area contributed by atoms with Crippen LogP contribution in [0.25, 0.3) is 0 Å². The zero-order chi connectivity index (χ0) is 15.7. The molecule has 1 aromatic rings. The lowest BCUT2D eigenvalue weighted by atomic mass is 10.2. The third kappa shape index (κ3) is 7.09. The Hall–Kier alpha value is -1.62. The van der Waals surface area contributed by atoms with Gasteiger partial charge in [-0.05, 0) is 25.0 Å². The van der Waals surface area contributed by atoms with Crippen molar-refractivity contribution in [2.75, 3.05) is 6.61 Å². The molecule has 0 aliphatic heterocycles. The van der Waals surface area contributed by atoms with E-state index in [2.05, 4.69) is 43.3 Å². The van der Waals surface area contributed by atoms with Gasteiger partial charge in [0.15, 0.2) is 6.61 Å². The second-order valence-electron chi connectivity index (χ2n) is 5.39. The highest BCUT2D eigenvalue weighted by Gasteiger charge is 2.09. The number of hydrogen-bond acceptors (Lipinski definition) is 4. The lowest BCUT2D eigenvalue weighted by molar-refractivity contribution is -0.123. The molecule has 0 aliphatic carbocycles. The van der Waals surface area contributed by atoms with Crippen LogP contribution in [-0.4, -0.2) is 29.6 Å². The number of carbonyl (C=O) groups excluding carboxylic acids is 1. The maximum Gasteiger partial charge on any atom is 0.258 e. The normalized spacial score (nSPS) is 11.0. The van der Waals surface area contributed by atoms with Crippen LogP contribution in [0.5, 0.6) is 5.75 Å². The van der Waals surface area contributed by atoms with Gasteiger partial charge in [-0.1, -0.05) is 27.7 Å². The van der Waals surface area contributed by atoms with E-state index in [1.807, 2.05) is 12.1 Å². The van der Waals surface area contributed by atoms with Crippen LogP contribution in [0.15, 0.2) is 18.3 Å². The van der Waals surface area contributed by atoms with Crippen molar-refractivity contribution in [2.24, 2.45) is 0 Å². The molecule has 0 unspecified atom stereocenters. The summed E-state index contributed by atoms with van der Waals surface area (Å²) in [6.07, 6.45) is 3.52. The van der Waals surface area contributed by atoms with Gasteiger partial charge >= 0.3 is 0 Å². The van der Waals surface area contributed by atoms with Gasteiger partial charge in [-0.3, -0.25) is 9.78 Å². The highest BCUT2D eigenvalue weighted by atomic mass is 16.5. The molecule has 21 heavy (non-hydrogen) atoms. The number of nitrogens with one attached hydrogen (secondary N) is 2. The average molecular weight is 293 g/mol. The summed E-state index contributed by atoms with van der Waals surface area (Å²) in [5, 5.41) is 6.23. The van der Waals surface area contributed by atoms with Crippen LogP contribution in [0.1, 0.15) is 46.2 Å². The summed E-state index contributed by atoms with van der Waals surface area (Å²) < 4.78 is 5.44. The Labute approximate surface area is 127 Å². The number of rotatable bonds is 9. The molecule has 0 saturated heterocycles. The van der Waals surface area contributed by atoms with Crippen molar-refractivity contribution in [2.45, 2.75) is 59.2 Å². The van der Waals surface area contributed by atoms with Crippen molar-refractivity contribution in [3.63, 3.8) is 0 Å². The Morgan fingerprint density at radius 3 is 2.52 bits per heavy atom. The molecule has 1 heterocycles. The zero-order valence-electron chi connectivity index (χ0n) is 13.5. The Kier molecular flexibility index (Phi) is 7.75. The largest absolute Gasteiger partial charge is 0.482 e. The van der Waals surface area contributed by atoms with Gasteiger partial charge in [0.1, 0.15) is 5.75 Å². The molecule has 0 aliphatic rings. The van der Waals surface area contributed by atoms with Crippen molar-refractivity contribution < 1.29 is 9.53 Å². The number of hydrogen-bond donors (Lipinski definition) is 2. The summed E-state index contributed by atoms with van der Waals surface area (Å²) >= 11 is 0. The summed E-state index contributed by atoms with van der Waals surface area (Å²) in [5.41, 5.74) is 0.956.